The van der Waals surface area contributed by atoms with Crippen LogP contribution in [0.15, 0.2) is 48.7 Å². The molecule has 0 saturated carbocycles. The third-order valence-electron chi connectivity index (χ3n) is 4.96. The lowest BCUT2D eigenvalue weighted by Gasteiger charge is -2.35. The Kier molecular flexibility index (Phi) is 5.74. The summed E-state index contributed by atoms with van der Waals surface area (Å²) in [6.07, 6.45) is 2.30. The Bertz CT molecular complexity index is 792. The maximum atomic E-state index is 12.9. The van der Waals surface area contributed by atoms with Crippen LogP contribution >= 0.6 is 0 Å². The highest BCUT2D eigenvalue weighted by Crippen LogP contribution is 2.24. The Labute approximate surface area is 159 Å². The van der Waals surface area contributed by atoms with Crippen LogP contribution in [-0.2, 0) is 4.79 Å². The first-order chi connectivity index (χ1) is 12.9. The molecule has 2 amide bonds. The molecule has 2 heterocycles. The zero-order valence-corrected chi connectivity index (χ0v) is 15.6. The first kappa shape index (κ1) is 18.9. The monoisotopic (exact) mass is 367 g/mol. The quantitative estimate of drug-likeness (QED) is 0.869. The third-order valence-corrected chi connectivity index (χ3v) is 4.96. The van der Waals surface area contributed by atoms with Gasteiger partial charge in [-0.15, -0.1) is 0 Å². The van der Waals surface area contributed by atoms with Crippen LogP contribution in [0.25, 0.3) is 0 Å². The molecule has 1 aromatic carbocycles. The molecule has 1 aliphatic heterocycles. The molecule has 1 aromatic heterocycles. The number of hydrogen-bond acceptors (Lipinski definition) is 3. The number of likely N-dealkylation sites (tertiary alicyclic amines) is 1. The number of urea groups is 1. The lowest BCUT2D eigenvalue weighted by molar-refractivity contribution is -0.143. The average molecular weight is 367 g/mol. The number of carboxylic acids is 1. The molecule has 3 atom stereocenters. The first-order valence-electron chi connectivity index (χ1n) is 9.19. The number of carbonyl (C=O) groups is 2. The lowest BCUT2D eigenvalue weighted by Crippen LogP contribution is -2.50. The highest BCUT2D eigenvalue weighted by molar-refractivity contribution is 5.77. The zero-order chi connectivity index (χ0) is 19.4. The van der Waals surface area contributed by atoms with Crippen molar-refractivity contribution in [3.05, 3.63) is 65.5 Å². The Morgan fingerprint density at radius 1 is 1.19 bits per heavy atom. The van der Waals surface area contributed by atoms with Gasteiger partial charge in [-0.1, -0.05) is 42.8 Å². The number of aryl methyl sites for hydroxylation is 1. The summed E-state index contributed by atoms with van der Waals surface area (Å²) in [7, 11) is 0. The molecule has 0 spiro atoms. The second-order valence-electron chi connectivity index (χ2n) is 7.33. The van der Waals surface area contributed by atoms with Crippen molar-refractivity contribution in [3.8, 4) is 0 Å². The Balaban J connectivity index is 1.82. The van der Waals surface area contributed by atoms with E-state index < -0.39 is 11.9 Å². The van der Waals surface area contributed by atoms with Crippen LogP contribution in [0, 0.1) is 18.8 Å². The maximum Gasteiger partial charge on any atom is 0.318 e. The number of benzene rings is 1. The van der Waals surface area contributed by atoms with Gasteiger partial charge in [0.15, 0.2) is 0 Å². The van der Waals surface area contributed by atoms with Gasteiger partial charge in [0.2, 0.25) is 0 Å². The van der Waals surface area contributed by atoms with Gasteiger partial charge in [0, 0.05) is 19.3 Å². The van der Waals surface area contributed by atoms with E-state index in [0.717, 1.165) is 16.8 Å². The van der Waals surface area contributed by atoms with Crippen LogP contribution in [0.3, 0.4) is 0 Å². The molecule has 2 aromatic rings. The minimum Gasteiger partial charge on any atom is -0.481 e. The summed E-state index contributed by atoms with van der Waals surface area (Å²) in [5, 5.41) is 12.4. The molecular formula is C21H25N3O3. The second kappa shape index (κ2) is 8.20. The molecule has 3 rings (SSSR count). The molecule has 6 nitrogen and oxygen atoms in total. The second-order valence-corrected chi connectivity index (χ2v) is 7.33. The van der Waals surface area contributed by atoms with Gasteiger partial charge in [0.05, 0.1) is 17.7 Å². The normalized spacial score (nSPS) is 20.7. The fourth-order valence-corrected chi connectivity index (χ4v) is 3.54. The van der Waals surface area contributed by atoms with Crippen molar-refractivity contribution in [1.82, 2.24) is 15.2 Å². The smallest absolute Gasteiger partial charge is 0.318 e. The van der Waals surface area contributed by atoms with Gasteiger partial charge in [-0.3, -0.25) is 9.78 Å². The topological polar surface area (TPSA) is 82.5 Å². The molecule has 142 valence electrons. The summed E-state index contributed by atoms with van der Waals surface area (Å²) < 4.78 is 0. The molecule has 0 aliphatic carbocycles. The van der Waals surface area contributed by atoms with E-state index in [4.69, 9.17) is 0 Å². The first-order valence-corrected chi connectivity index (χ1v) is 9.19. The number of rotatable bonds is 4. The van der Waals surface area contributed by atoms with Gasteiger partial charge >= 0.3 is 12.0 Å². The van der Waals surface area contributed by atoms with E-state index in [1.54, 1.807) is 11.1 Å². The van der Waals surface area contributed by atoms with Crippen molar-refractivity contribution in [1.29, 1.82) is 0 Å². The fraction of sp³-hybridized carbons (Fsp3) is 0.381. The van der Waals surface area contributed by atoms with Crippen LogP contribution in [0.5, 0.6) is 0 Å². The number of aromatic nitrogens is 1. The number of piperidine rings is 1. The van der Waals surface area contributed by atoms with Crippen molar-refractivity contribution in [3.63, 3.8) is 0 Å². The van der Waals surface area contributed by atoms with E-state index >= 15 is 0 Å². The van der Waals surface area contributed by atoms with Crippen molar-refractivity contribution in [2.45, 2.75) is 26.3 Å². The van der Waals surface area contributed by atoms with Gasteiger partial charge in [-0.05, 0) is 37.0 Å². The number of amides is 2. The van der Waals surface area contributed by atoms with Crippen LogP contribution < -0.4 is 5.32 Å². The minimum absolute atomic E-state index is 0.151. The van der Waals surface area contributed by atoms with Crippen LogP contribution in [-0.4, -0.2) is 40.1 Å². The fourth-order valence-electron chi connectivity index (χ4n) is 3.54. The highest BCUT2D eigenvalue weighted by atomic mass is 16.4. The van der Waals surface area contributed by atoms with Gasteiger partial charge in [0.25, 0.3) is 0 Å². The summed E-state index contributed by atoms with van der Waals surface area (Å²) in [5.41, 5.74) is 2.82. The number of nitrogens with zero attached hydrogens (tertiary/aromatic N) is 2. The predicted octanol–water partition coefficient (Wildman–Crippen LogP) is 3.23. The van der Waals surface area contributed by atoms with Crippen molar-refractivity contribution < 1.29 is 14.7 Å². The summed E-state index contributed by atoms with van der Waals surface area (Å²) >= 11 is 0. The third kappa shape index (κ3) is 4.64. The van der Waals surface area contributed by atoms with Gasteiger partial charge in [-0.2, -0.15) is 0 Å². The summed E-state index contributed by atoms with van der Waals surface area (Å²) in [4.78, 5) is 30.3. The SMILES string of the molecule is Cc1ccc(C(NC(=O)N2CC(C)CC(C(=O)O)C2)c2ccccn2)cc1. The maximum absolute atomic E-state index is 12.9. The minimum atomic E-state index is -0.848. The molecule has 6 heteroatoms. The molecule has 27 heavy (non-hydrogen) atoms. The summed E-state index contributed by atoms with van der Waals surface area (Å²) in [5.74, 6) is -1.22. The Morgan fingerprint density at radius 2 is 1.93 bits per heavy atom. The van der Waals surface area contributed by atoms with Gasteiger partial charge < -0.3 is 15.3 Å². The van der Waals surface area contributed by atoms with Gasteiger partial charge in [0.1, 0.15) is 0 Å². The lowest BCUT2D eigenvalue weighted by atomic mass is 9.91. The molecule has 1 fully saturated rings. The standard InChI is InChI=1S/C21H25N3O3/c1-14-6-8-16(9-7-14)19(18-5-3-4-10-22-18)23-21(27)24-12-15(2)11-17(13-24)20(25)26/h3-10,15,17,19H,11-13H2,1-2H3,(H,23,27)(H,25,26). The van der Waals surface area contributed by atoms with E-state index in [-0.39, 0.29) is 24.5 Å². The van der Waals surface area contributed by atoms with Crippen molar-refractivity contribution in [2.24, 2.45) is 11.8 Å². The summed E-state index contributed by atoms with van der Waals surface area (Å²) in [6, 6.07) is 12.9. The highest BCUT2D eigenvalue weighted by Gasteiger charge is 2.33. The Morgan fingerprint density at radius 3 is 2.56 bits per heavy atom. The Hall–Kier alpha value is -2.89. The van der Waals surface area contributed by atoms with Gasteiger partial charge in [-0.25, -0.2) is 4.79 Å². The van der Waals surface area contributed by atoms with E-state index in [2.05, 4.69) is 10.3 Å². The van der Waals surface area contributed by atoms with Crippen LogP contribution in [0.2, 0.25) is 0 Å². The molecular weight excluding hydrogens is 342 g/mol. The molecule has 2 N–H and O–H groups in total. The number of carbonyl (C=O) groups excluding carboxylic acids is 1. The van der Waals surface area contributed by atoms with E-state index in [9.17, 15) is 14.7 Å². The van der Waals surface area contributed by atoms with Crippen LogP contribution in [0.4, 0.5) is 4.79 Å². The molecule has 1 saturated heterocycles. The van der Waals surface area contributed by atoms with Crippen LogP contribution in [0.1, 0.15) is 36.2 Å². The number of carboxylic acid groups (broad SMARTS) is 1. The predicted molar refractivity (Wildman–Crippen MR) is 102 cm³/mol. The molecule has 1 aliphatic rings. The molecule has 0 bridgehead atoms. The average Bonchev–Trinajstić information content (AvgIpc) is 2.67. The number of nitrogens with one attached hydrogen (secondary N) is 1. The van der Waals surface area contributed by atoms with E-state index in [1.165, 1.54) is 0 Å². The van der Waals surface area contributed by atoms with E-state index in [1.807, 2.05) is 56.3 Å². The molecule has 0 radical (unpaired) electrons. The summed E-state index contributed by atoms with van der Waals surface area (Å²) in [6.45, 7) is 4.78. The largest absolute Gasteiger partial charge is 0.481 e. The number of aliphatic carboxylic acids is 1. The number of pyridine rings is 1. The number of hydrogen-bond donors (Lipinski definition) is 2. The molecule has 3 unspecified atom stereocenters. The van der Waals surface area contributed by atoms with Crippen molar-refractivity contribution in [2.75, 3.05) is 13.1 Å². The van der Waals surface area contributed by atoms with Crippen molar-refractivity contribution >= 4 is 12.0 Å². The van der Waals surface area contributed by atoms with E-state index in [0.29, 0.717) is 13.0 Å². The zero-order valence-electron chi connectivity index (χ0n) is 15.6.